The molecular formula is C26H28N2O6. The molecule has 34 heavy (non-hydrogen) atoms. The number of nitrogens with one attached hydrogen (secondary N) is 2. The Morgan fingerprint density at radius 1 is 0.853 bits per heavy atom. The van der Waals surface area contributed by atoms with Crippen molar-refractivity contribution in [1.82, 2.24) is 5.32 Å². The zero-order valence-corrected chi connectivity index (χ0v) is 19.1. The average Bonchev–Trinajstić information content (AvgIpc) is 2.89. The van der Waals surface area contributed by atoms with E-state index in [2.05, 4.69) is 10.6 Å². The van der Waals surface area contributed by atoms with E-state index in [9.17, 15) is 9.59 Å². The van der Waals surface area contributed by atoms with Crippen molar-refractivity contribution in [3.63, 3.8) is 0 Å². The minimum absolute atomic E-state index is 0.0795. The van der Waals surface area contributed by atoms with Crippen molar-refractivity contribution in [2.75, 3.05) is 39.3 Å². The first-order valence-corrected chi connectivity index (χ1v) is 10.7. The molecule has 0 fully saturated rings. The van der Waals surface area contributed by atoms with E-state index >= 15 is 0 Å². The molecule has 8 heteroatoms. The van der Waals surface area contributed by atoms with Gasteiger partial charge in [0.1, 0.15) is 11.5 Å². The number of hydrogen-bond donors (Lipinski definition) is 3. The Balaban J connectivity index is 1.72. The summed E-state index contributed by atoms with van der Waals surface area (Å²) in [5.41, 5.74) is 2.48. The molecule has 0 aliphatic rings. The number of esters is 1. The highest BCUT2D eigenvalue weighted by Crippen LogP contribution is 2.26. The van der Waals surface area contributed by atoms with E-state index in [0.29, 0.717) is 17.2 Å². The lowest BCUT2D eigenvalue weighted by Gasteiger charge is -2.20. The molecule has 0 radical (unpaired) electrons. The van der Waals surface area contributed by atoms with E-state index in [0.717, 1.165) is 11.1 Å². The minimum Gasteiger partial charge on any atom is -0.497 e. The summed E-state index contributed by atoms with van der Waals surface area (Å²) in [4.78, 5) is 25.3. The molecule has 3 N–H and O–H groups in total. The molecule has 0 aliphatic carbocycles. The molecule has 0 bridgehead atoms. The number of aliphatic hydroxyl groups excluding tert-OH is 1. The van der Waals surface area contributed by atoms with Crippen LogP contribution in [-0.4, -0.2) is 51.0 Å². The molecule has 3 aromatic carbocycles. The van der Waals surface area contributed by atoms with Gasteiger partial charge >= 0.3 is 5.97 Å². The summed E-state index contributed by atoms with van der Waals surface area (Å²) < 4.78 is 15.7. The van der Waals surface area contributed by atoms with Crippen LogP contribution in [-0.2, 0) is 9.53 Å². The van der Waals surface area contributed by atoms with Crippen molar-refractivity contribution < 1.29 is 28.9 Å². The van der Waals surface area contributed by atoms with Crippen molar-refractivity contribution in [3.8, 4) is 11.5 Å². The Morgan fingerprint density at radius 3 is 1.94 bits per heavy atom. The molecule has 3 aromatic rings. The van der Waals surface area contributed by atoms with Crippen LogP contribution in [0.1, 0.15) is 27.5 Å². The second-order valence-electron chi connectivity index (χ2n) is 7.32. The van der Waals surface area contributed by atoms with Crippen molar-refractivity contribution in [2.24, 2.45) is 0 Å². The van der Waals surface area contributed by atoms with Gasteiger partial charge in [0.15, 0.2) is 6.61 Å². The highest BCUT2D eigenvalue weighted by Gasteiger charge is 2.19. The Kier molecular flexibility index (Phi) is 8.88. The summed E-state index contributed by atoms with van der Waals surface area (Å²) in [5.74, 6) is 0.310. The van der Waals surface area contributed by atoms with Gasteiger partial charge in [-0.15, -0.1) is 0 Å². The van der Waals surface area contributed by atoms with Gasteiger partial charge in [0.25, 0.3) is 5.91 Å². The number of anilines is 1. The molecule has 178 valence electrons. The lowest BCUT2D eigenvalue weighted by Crippen LogP contribution is -2.33. The van der Waals surface area contributed by atoms with Crippen molar-refractivity contribution >= 4 is 17.6 Å². The number of aliphatic hydroxyl groups is 1. The number of methoxy groups -OCH3 is 2. The zero-order chi connectivity index (χ0) is 24.3. The molecule has 0 saturated heterocycles. The van der Waals surface area contributed by atoms with Crippen LogP contribution < -0.4 is 20.1 Å². The number of hydrogen-bond acceptors (Lipinski definition) is 7. The van der Waals surface area contributed by atoms with Gasteiger partial charge < -0.3 is 30.0 Å². The van der Waals surface area contributed by atoms with E-state index in [4.69, 9.17) is 19.3 Å². The first kappa shape index (κ1) is 24.6. The Bertz CT molecular complexity index is 1040. The second kappa shape index (κ2) is 12.3. The number of para-hydroxylation sites is 1. The number of amides is 1. The van der Waals surface area contributed by atoms with E-state index in [1.807, 2.05) is 48.5 Å². The molecule has 0 atom stereocenters. The monoisotopic (exact) mass is 464 g/mol. The summed E-state index contributed by atoms with van der Waals surface area (Å²) in [5, 5.41) is 14.9. The lowest BCUT2D eigenvalue weighted by atomic mass is 9.98. The summed E-state index contributed by atoms with van der Waals surface area (Å²) in [6, 6.07) is 21.0. The molecule has 3 rings (SSSR count). The maximum Gasteiger partial charge on any atom is 0.340 e. The van der Waals surface area contributed by atoms with E-state index in [1.165, 1.54) is 0 Å². The minimum atomic E-state index is -0.637. The van der Waals surface area contributed by atoms with Crippen LogP contribution in [0.15, 0.2) is 72.8 Å². The van der Waals surface area contributed by atoms with Crippen LogP contribution in [0, 0.1) is 0 Å². The molecule has 0 aliphatic heterocycles. The average molecular weight is 465 g/mol. The van der Waals surface area contributed by atoms with Crippen LogP contribution in [0.25, 0.3) is 0 Å². The maximum absolute atomic E-state index is 12.8. The van der Waals surface area contributed by atoms with Crippen LogP contribution in [0.2, 0.25) is 0 Å². The summed E-state index contributed by atoms with van der Waals surface area (Å²) in [7, 11) is 3.17. The van der Waals surface area contributed by atoms with Crippen molar-refractivity contribution in [2.45, 2.75) is 6.04 Å². The number of benzene rings is 3. The predicted molar refractivity (Wildman–Crippen MR) is 128 cm³/mol. The standard InChI is InChI=1S/C26H28N2O6/c1-32-20-11-7-18(8-12-20)25(19-9-13-21(33-2)14-10-19)28-24(30)17-34-26(31)22-5-3-4-6-23(22)27-15-16-29/h3-14,25,27,29H,15-17H2,1-2H3,(H,28,30). The van der Waals surface area contributed by atoms with Gasteiger partial charge in [-0.1, -0.05) is 36.4 Å². The molecular weight excluding hydrogens is 436 g/mol. The largest absolute Gasteiger partial charge is 0.497 e. The number of ether oxygens (including phenoxy) is 3. The lowest BCUT2D eigenvalue weighted by molar-refractivity contribution is -0.124. The van der Waals surface area contributed by atoms with Gasteiger partial charge in [-0.05, 0) is 47.5 Å². The van der Waals surface area contributed by atoms with Crippen molar-refractivity contribution in [1.29, 1.82) is 0 Å². The SMILES string of the molecule is COc1ccc(C(NC(=O)COC(=O)c2ccccc2NCCO)c2ccc(OC)cc2)cc1. The van der Waals surface area contributed by atoms with Gasteiger partial charge in [0, 0.05) is 12.2 Å². The van der Waals surface area contributed by atoms with Gasteiger partial charge in [0.2, 0.25) is 0 Å². The first-order chi connectivity index (χ1) is 16.5. The Labute approximate surface area is 198 Å². The second-order valence-corrected chi connectivity index (χ2v) is 7.32. The highest BCUT2D eigenvalue weighted by molar-refractivity contribution is 5.96. The maximum atomic E-state index is 12.8. The highest BCUT2D eigenvalue weighted by atomic mass is 16.5. The molecule has 0 spiro atoms. The van der Waals surface area contributed by atoms with Crippen LogP contribution >= 0.6 is 0 Å². The topological polar surface area (TPSA) is 106 Å². The molecule has 0 heterocycles. The molecule has 0 aromatic heterocycles. The summed E-state index contributed by atoms with van der Waals surface area (Å²) >= 11 is 0. The molecule has 1 amide bonds. The van der Waals surface area contributed by atoms with Crippen LogP contribution in [0.3, 0.4) is 0 Å². The fraction of sp³-hybridized carbons (Fsp3) is 0.231. The van der Waals surface area contributed by atoms with Gasteiger partial charge in [-0.25, -0.2) is 4.79 Å². The molecule has 0 unspecified atom stereocenters. The summed E-state index contributed by atoms with van der Waals surface area (Å²) in [6.45, 7) is -0.240. The number of rotatable bonds is 11. The third kappa shape index (κ3) is 6.49. The normalized spacial score (nSPS) is 10.5. The molecule has 8 nitrogen and oxygen atoms in total. The predicted octanol–water partition coefficient (Wildman–Crippen LogP) is 3.17. The van der Waals surface area contributed by atoms with Gasteiger partial charge in [-0.3, -0.25) is 4.79 Å². The van der Waals surface area contributed by atoms with Gasteiger partial charge in [0.05, 0.1) is 32.4 Å². The Morgan fingerprint density at radius 2 is 1.41 bits per heavy atom. The van der Waals surface area contributed by atoms with Crippen LogP contribution in [0.4, 0.5) is 5.69 Å². The fourth-order valence-electron chi connectivity index (χ4n) is 3.37. The first-order valence-electron chi connectivity index (χ1n) is 10.7. The van der Waals surface area contributed by atoms with E-state index in [-0.39, 0.29) is 18.7 Å². The third-order valence-corrected chi connectivity index (χ3v) is 5.11. The van der Waals surface area contributed by atoms with Crippen molar-refractivity contribution in [3.05, 3.63) is 89.5 Å². The fourth-order valence-corrected chi connectivity index (χ4v) is 3.37. The quantitative estimate of drug-likeness (QED) is 0.374. The number of carbonyl (C=O) groups is 2. The molecule has 0 saturated carbocycles. The van der Waals surface area contributed by atoms with E-state index in [1.54, 1.807) is 38.5 Å². The zero-order valence-electron chi connectivity index (χ0n) is 19.1. The summed E-state index contributed by atoms with van der Waals surface area (Å²) in [6.07, 6.45) is 0. The van der Waals surface area contributed by atoms with E-state index < -0.39 is 24.5 Å². The third-order valence-electron chi connectivity index (χ3n) is 5.11. The Hall–Kier alpha value is -4.04. The smallest absolute Gasteiger partial charge is 0.340 e. The van der Waals surface area contributed by atoms with Crippen LogP contribution in [0.5, 0.6) is 11.5 Å². The number of carbonyl (C=O) groups excluding carboxylic acids is 2. The van der Waals surface area contributed by atoms with Gasteiger partial charge in [-0.2, -0.15) is 0 Å².